The summed E-state index contributed by atoms with van der Waals surface area (Å²) in [6.07, 6.45) is 5.32. The molecule has 2 aromatic heterocycles. The number of hydrogen-bond acceptors (Lipinski definition) is 4. The zero-order chi connectivity index (χ0) is 14.7. The maximum atomic E-state index is 4.50. The molecule has 5 heteroatoms. The molecule has 0 saturated carbocycles. The molecule has 0 aliphatic heterocycles. The van der Waals surface area contributed by atoms with E-state index in [0.29, 0.717) is 11.3 Å². The van der Waals surface area contributed by atoms with E-state index >= 15 is 0 Å². The minimum absolute atomic E-state index is 0.297. The second-order valence-electron chi connectivity index (χ2n) is 5.37. The van der Waals surface area contributed by atoms with Crippen LogP contribution in [0.5, 0.6) is 0 Å². The fraction of sp³-hybridized carbons (Fsp3) is 0.600. The van der Waals surface area contributed by atoms with Crippen molar-refractivity contribution in [2.45, 2.75) is 45.4 Å². The van der Waals surface area contributed by atoms with E-state index in [0.717, 1.165) is 17.9 Å². The van der Waals surface area contributed by atoms with Gasteiger partial charge in [0.05, 0.1) is 5.69 Å². The number of nitrogens with one attached hydrogen (secondary N) is 1. The first-order chi connectivity index (χ1) is 9.52. The third-order valence-corrected chi connectivity index (χ3v) is 4.79. The molecular formula is C15H24N4S. The largest absolute Gasteiger partial charge is 0.310 e. The predicted molar refractivity (Wildman–Crippen MR) is 86.5 cm³/mol. The van der Waals surface area contributed by atoms with Crippen molar-refractivity contribution in [3.05, 3.63) is 29.2 Å². The van der Waals surface area contributed by atoms with Crippen molar-refractivity contribution in [1.29, 1.82) is 0 Å². The standard InChI is InChI=1S/C15H24N4S/c1-10-8-15-17-9-14(13(4)19(15)18-10)12(3)16-7-6-11(2)20-5/h8-9,11-12,16H,6-7H2,1-5H3. The summed E-state index contributed by atoms with van der Waals surface area (Å²) in [6.45, 7) is 9.59. The van der Waals surface area contributed by atoms with Crippen LogP contribution in [0.25, 0.3) is 5.65 Å². The number of rotatable bonds is 6. The summed E-state index contributed by atoms with van der Waals surface area (Å²) in [7, 11) is 0. The van der Waals surface area contributed by atoms with E-state index in [1.807, 2.05) is 35.5 Å². The number of aromatic nitrogens is 3. The number of thioether (sulfide) groups is 1. The van der Waals surface area contributed by atoms with E-state index in [1.165, 1.54) is 17.7 Å². The average Bonchev–Trinajstić information content (AvgIpc) is 2.80. The van der Waals surface area contributed by atoms with Gasteiger partial charge >= 0.3 is 0 Å². The first-order valence-corrected chi connectivity index (χ1v) is 8.39. The molecule has 2 aromatic rings. The normalized spacial score (nSPS) is 14.7. The van der Waals surface area contributed by atoms with Gasteiger partial charge in [0.15, 0.2) is 5.65 Å². The lowest BCUT2D eigenvalue weighted by molar-refractivity contribution is 0.550. The fourth-order valence-electron chi connectivity index (χ4n) is 2.33. The van der Waals surface area contributed by atoms with Gasteiger partial charge in [-0.3, -0.25) is 0 Å². The van der Waals surface area contributed by atoms with Crippen LogP contribution in [0.1, 0.15) is 43.3 Å². The van der Waals surface area contributed by atoms with E-state index in [-0.39, 0.29) is 0 Å². The Hall–Kier alpha value is -1.07. The van der Waals surface area contributed by atoms with Crippen molar-refractivity contribution in [3.63, 3.8) is 0 Å². The minimum Gasteiger partial charge on any atom is -0.310 e. The van der Waals surface area contributed by atoms with E-state index < -0.39 is 0 Å². The van der Waals surface area contributed by atoms with Gasteiger partial charge in [-0.1, -0.05) is 6.92 Å². The Bertz CT molecular complexity index is 579. The minimum atomic E-state index is 0.297. The molecule has 0 amide bonds. The maximum absolute atomic E-state index is 4.50. The van der Waals surface area contributed by atoms with Gasteiger partial charge in [0.2, 0.25) is 0 Å². The smallest absolute Gasteiger partial charge is 0.155 e. The molecule has 0 radical (unpaired) electrons. The Morgan fingerprint density at radius 3 is 2.80 bits per heavy atom. The SMILES string of the molecule is CSC(C)CCNC(C)c1cnc2cc(C)nn2c1C. The number of fused-ring (bicyclic) bond motifs is 1. The van der Waals surface area contributed by atoms with Crippen LogP contribution >= 0.6 is 11.8 Å². The predicted octanol–water partition coefficient (Wildman–Crippen LogP) is 3.14. The van der Waals surface area contributed by atoms with E-state index in [1.54, 1.807) is 0 Å². The summed E-state index contributed by atoms with van der Waals surface area (Å²) in [5.74, 6) is 0. The van der Waals surface area contributed by atoms with Gasteiger partial charge < -0.3 is 5.32 Å². The van der Waals surface area contributed by atoms with Crippen LogP contribution in [0, 0.1) is 13.8 Å². The van der Waals surface area contributed by atoms with E-state index in [2.05, 4.69) is 42.4 Å². The van der Waals surface area contributed by atoms with Crippen molar-refractivity contribution >= 4 is 17.4 Å². The lowest BCUT2D eigenvalue weighted by Gasteiger charge is -2.17. The summed E-state index contributed by atoms with van der Waals surface area (Å²) in [5.41, 5.74) is 4.32. The van der Waals surface area contributed by atoms with E-state index in [4.69, 9.17) is 0 Å². The van der Waals surface area contributed by atoms with Gasteiger partial charge in [0.1, 0.15) is 0 Å². The highest BCUT2D eigenvalue weighted by Crippen LogP contribution is 2.18. The Labute approximate surface area is 125 Å². The van der Waals surface area contributed by atoms with Crippen LogP contribution in [0.2, 0.25) is 0 Å². The molecule has 0 saturated heterocycles. The molecule has 0 spiro atoms. The maximum Gasteiger partial charge on any atom is 0.155 e. The second kappa shape index (κ2) is 6.59. The number of aryl methyl sites for hydroxylation is 2. The van der Waals surface area contributed by atoms with Gasteiger partial charge in [0.25, 0.3) is 0 Å². The Morgan fingerprint density at radius 2 is 2.10 bits per heavy atom. The first-order valence-electron chi connectivity index (χ1n) is 7.11. The summed E-state index contributed by atoms with van der Waals surface area (Å²) in [4.78, 5) is 4.50. The van der Waals surface area contributed by atoms with Gasteiger partial charge in [-0.25, -0.2) is 9.50 Å². The molecule has 0 aromatic carbocycles. The van der Waals surface area contributed by atoms with Gasteiger partial charge in [-0.15, -0.1) is 0 Å². The number of hydrogen-bond donors (Lipinski definition) is 1. The highest BCUT2D eigenvalue weighted by atomic mass is 32.2. The van der Waals surface area contributed by atoms with Crippen LogP contribution in [-0.4, -0.2) is 32.6 Å². The van der Waals surface area contributed by atoms with Gasteiger partial charge in [0, 0.05) is 34.8 Å². The Balaban J connectivity index is 2.09. The molecular weight excluding hydrogens is 268 g/mol. The van der Waals surface area contributed by atoms with Crippen LogP contribution in [0.4, 0.5) is 0 Å². The molecule has 0 fully saturated rings. The Morgan fingerprint density at radius 1 is 1.35 bits per heavy atom. The molecule has 110 valence electrons. The first kappa shape index (κ1) is 15.3. The molecule has 20 heavy (non-hydrogen) atoms. The van der Waals surface area contributed by atoms with Gasteiger partial charge in [-0.2, -0.15) is 16.9 Å². The summed E-state index contributed by atoms with van der Waals surface area (Å²) >= 11 is 1.91. The molecule has 2 rings (SSSR count). The molecule has 2 unspecified atom stereocenters. The average molecular weight is 292 g/mol. The van der Waals surface area contributed by atoms with Crippen molar-refractivity contribution in [1.82, 2.24) is 19.9 Å². The van der Waals surface area contributed by atoms with Crippen LogP contribution in [-0.2, 0) is 0 Å². The quantitative estimate of drug-likeness (QED) is 0.888. The summed E-state index contributed by atoms with van der Waals surface area (Å²) < 4.78 is 1.94. The van der Waals surface area contributed by atoms with Crippen molar-refractivity contribution in [2.75, 3.05) is 12.8 Å². The lowest BCUT2D eigenvalue weighted by atomic mass is 10.1. The molecule has 4 nitrogen and oxygen atoms in total. The van der Waals surface area contributed by atoms with Crippen LogP contribution in [0.15, 0.2) is 12.3 Å². The highest BCUT2D eigenvalue weighted by Gasteiger charge is 2.12. The van der Waals surface area contributed by atoms with Gasteiger partial charge in [-0.05, 0) is 40.0 Å². The zero-order valence-electron chi connectivity index (χ0n) is 13.0. The molecule has 2 atom stereocenters. The molecule has 0 aliphatic rings. The number of nitrogens with zero attached hydrogens (tertiary/aromatic N) is 3. The fourth-order valence-corrected chi connectivity index (χ4v) is 2.69. The monoisotopic (exact) mass is 292 g/mol. The van der Waals surface area contributed by atoms with Crippen molar-refractivity contribution < 1.29 is 0 Å². The zero-order valence-corrected chi connectivity index (χ0v) is 13.8. The topological polar surface area (TPSA) is 42.2 Å². The Kier molecular flexibility index (Phi) is 5.05. The van der Waals surface area contributed by atoms with Crippen molar-refractivity contribution in [2.24, 2.45) is 0 Å². The molecule has 1 N–H and O–H groups in total. The molecule has 0 bridgehead atoms. The third-order valence-electron chi connectivity index (χ3n) is 3.75. The van der Waals surface area contributed by atoms with Crippen LogP contribution < -0.4 is 5.32 Å². The highest BCUT2D eigenvalue weighted by molar-refractivity contribution is 7.99. The second-order valence-corrected chi connectivity index (χ2v) is 6.64. The lowest BCUT2D eigenvalue weighted by Crippen LogP contribution is -2.23. The summed E-state index contributed by atoms with van der Waals surface area (Å²) in [6, 6.07) is 2.31. The van der Waals surface area contributed by atoms with Crippen molar-refractivity contribution in [3.8, 4) is 0 Å². The molecule has 0 aliphatic carbocycles. The van der Waals surface area contributed by atoms with E-state index in [9.17, 15) is 0 Å². The summed E-state index contributed by atoms with van der Waals surface area (Å²) in [5, 5.41) is 8.78. The van der Waals surface area contributed by atoms with Crippen LogP contribution in [0.3, 0.4) is 0 Å². The third kappa shape index (κ3) is 3.33. The molecule has 2 heterocycles.